The number of alkyl halides is 1. The Balaban J connectivity index is 2.34. The molecule has 0 fully saturated rings. The van der Waals surface area contributed by atoms with Crippen LogP contribution in [-0.2, 0) is 23.2 Å². The molecule has 0 spiro atoms. The van der Waals surface area contributed by atoms with Gasteiger partial charge in [-0.3, -0.25) is 4.21 Å². The smallest absolute Gasteiger partial charge is 0.125 e. The monoisotopic (exact) mass is 302 g/mol. The van der Waals surface area contributed by atoms with E-state index < -0.39 is 10.8 Å². The van der Waals surface area contributed by atoms with Gasteiger partial charge in [-0.05, 0) is 24.6 Å². The summed E-state index contributed by atoms with van der Waals surface area (Å²) >= 11 is 5.88. The molecule has 2 unspecified atom stereocenters. The number of halogens is 2. The van der Waals surface area contributed by atoms with Crippen molar-refractivity contribution in [3.05, 3.63) is 29.8 Å². The Morgan fingerprint density at radius 2 is 2.26 bits per heavy atom. The molecule has 2 atom stereocenters. The maximum absolute atomic E-state index is 13.3. The van der Waals surface area contributed by atoms with E-state index in [1.807, 2.05) is 11.5 Å². The fraction of sp³-hybridized carbons (Fsp3) is 0.462. The molecular weight excluding hydrogens is 287 g/mol. The minimum absolute atomic E-state index is 0.0918. The molecule has 1 aromatic heterocycles. The summed E-state index contributed by atoms with van der Waals surface area (Å²) in [6.07, 6.45) is 2.44. The van der Waals surface area contributed by atoms with Crippen molar-refractivity contribution in [2.45, 2.75) is 31.0 Å². The van der Waals surface area contributed by atoms with E-state index in [9.17, 15) is 8.60 Å². The summed E-state index contributed by atoms with van der Waals surface area (Å²) in [5.41, 5.74) is 1.48. The molecule has 1 aromatic carbocycles. The number of imidazole rings is 1. The Bertz CT molecular complexity index is 614. The number of hydrogen-bond donors (Lipinski definition) is 0. The van der Waals surface area contributed by atoms with Gasteiger partial charge >= 0.3 is 0 Å². The van der Waals surface area contributed by atoms with Crippen molar-refractivity contribution in [2.24, 2.45) is 0 Å². The first-order valence-corrected chi connectivity index (χ1v) is 8.21. The van der Waals surface area contributed by atoms with Gasteiger partial charge in [-0.2, -0.15) is 0 Å². The second kappa shape index (κ2) is 6.01. The van der Waals surface area contributed by atoms with Crippen molar-refractivity contribution in [2.75, 3.05) is 6.26 Å². The third kappa shape index (κ3) is 3.15. The van der Waals surface area contributed by atoms with Gasteiger partial charge in [-0.25, -0.2) is 9.37 Å². The molecule has 3 nitrogen and oxygen atoms in total. The molecule has 1 heterocycles. The highest BCUT2D eigenvalue weighted by molar-refractivity contribution is 7.84. The fourth-order valence-corrected chi connectivity index (χ4v) is 2.62. The lowest BCUT2D eigenvalue weighted by atomic mass is 10.3. The van der Waals surface area contributed by atoms with Gasteiger partial charge in [0.15, 0.2) is 0 Å². The van der Waals surface area contributed by atoms with Gasteiger partial charge in [0.1, 0.15) is 11.6 Å². The van der Waals surface area contributed by atoms with Crippen LogP contribution in [0.25, 0.3) is 11.0 Å². The zero-order valence-corrected chi connectivity index (χ0v) is 12.5. The molecule has 0 amide bonds. The first kappa shape index (κ1) is 14.5. The van der Waals surface area contributed by atoms with Crippen LogP contribution in [-0.4, -0.2) is 25.3 Å². The fourth-order valence-electron chi connectivity index (χ4n) is 1.97. The molecule has 2 rings (SSSR count). The van der Waals surface area contributed by atoms with E-state index in [0.717, 1.165) is 23.3 Å². The molecule has 0 bridgehead atoms. The first-order valence-electron chi connectivity index (χ1n) is 6.05. The largest absolute Gasteiger partial charge is 0.327 e. The predicted molar refractivity (Wildman–Crippen MR) is 77.4 cm³/mol. The predicted octanol–water partition coefficient (Wildman–Crippen LogP) is 3.07. The summed E-state index contributed by atoms with van der Waals surface area (Å²) in [5.74, 6) is 0.707. The van der Waals surface area contributed by atoms with Gasteiger partial charge in [0.2, 0.25) is 0 Å². The zero-order chi connectivity index (χ0) is 14.0. The topological polar surface area (TPSA) is 34.9 Å². The maximum atomic E-state index is 13.3. The van der Waals surface area contributed by atoms with Gasteiger partial charge < -0.3 is 4.57 Å². The van der Waals surface area contributed by atoms with Crippen molar-refractivity contribution < 1.29 is 8.60 Å². The minimum Gasteiger partial charge on any atom is -0.327 e. The number of fused-ring (bicyclic) bond motifs is 1. The highest BCUT2D eigenvalue weighted by Gasteiger charge is 2.13. The van der Waals surface area contributed by atoms with Crippen LogP contribution in [0.15, 0.2) is 18.2 Å². The van der Waals surface area contributed by atoms with E-state index in [0.29, 0.717) is 6.54 Å². The van der Waals surface area contributed by atoms with Crippen molar-refractivity contribution in [1.82, 2.24) is 9.55 Å². The molecule has 0 saturated carbocycles. The van der Waals surface area contributed by atoms with E-state index in [1.165, 1.54) is 12.1 Å². The van der Waals surface area contributed by atoms with Crippen LogP contribution in [0.3, 0.4) is 0 Å². The first-order chi connectivity index (χ1) is 9.02. The maximum Gasteiger partial charge on any atom is 0.125 e. The number of aryl methyl sites for hydroxylation is 1. The van der Waals surface area contributed by atoms with E-state index in [4.69, 9.17) is 11.6 Å². The number of rotatable bonds is 5. The van der Waals surface area contributed by atoms with Gasteiger partial charge in [0.25, 0.3) is 0 Å². The van der Waals surface area contributed by atoms with Crippen LogP contribution in [0.5, 0.6) is 0 Å². The van der Waals surface area contributed by atoms with Gasteiger partial charge in [-0.15, -0.1) is 11.6 Å². The van der Waals surface area contributed by atoms with E-state index in [2.05, 4.69) is 4.98 Å². The lowest BCUT2D eigenvalue weighted by Gasteiger charge is -2.11. The summed E-state index contributed by atoms with van der Waals surface area (Å²) in [4.78, 5) is 4.38. The highest BCUT2D eigenvalue weighted by Crippen LogP contribution is 2.20. The molecule has 104 valence electrons. The Morgan fingerprint density at radius 1 is 1.53 bits per heavy atom. The summed E-state index contributed by atoms with van der Waals surface area (Å²) in [7, 11) is -0.859. The molecule has 2 aromatic rings. The number of hydrogen-bond acceptors (Lipinski definition) is 2. The third-order valence-electron chi connectivity index (χ3n) is 3.23. The molecule has 6 heteroatoms. The van der Waals surface area contributed by atoms with E-state index in [1.54, 1.807) is 12.3 Å². The molecule has 0 N–H and O–H groups in total. The van der Waals surface area contributed by atoms with Crippen LogP contribution in [0, 0.1) is 5.82 Å². The van der Waals surface area contributed by atoms with Gasteiger partial charge in [0, 0.05) is 28.9 Å². The third-order valence-corrected chi connectivity index (χ3v) is 4.84. The molecular formula is C13H16ClFN2OS. The summed E-state index contributed by atoms with van der Waals surface area (Å²) in [6, 6.07) is 4.51. The normalized spacial score (nSPS) is 14.7. The van der Waals surface area contributed by atoms with Crippen LogP contribution >= 0.6 is 11.6 Å². The lowest BCUT2D eigenvalue weighted by Crippen LogP contribution is -2.14. The Labute approximate surface area is 119 Å². The van der Waals surface area contributed by atoms with Gasteiger partial charge in [0.05, 0.1) is 16.9 Å². The highest BCUT2D eigenvalue weighted by atomic mass is 35.5. The quantitative estimate of drug-likeness (QED) is 0.796. The lowest BCUT2D eigenvalue weighted by molar-refractivity contribution is 0.611. The Hall–Kier alpha value is -0.940. The average Bonchev–Trinajstić information content (AvgIpc) is 2.72. The second-order valence-electron chi connectivity index (χ2n) is 4.54. The summed E-state index contributed by atoms with van der Waals surface area (Å²) in [6.45, 7) is 2.58. The Kier molecular flexibility index (Phi) is 4.58. The SMILES string of the molecule is CC(CCn1c(CCl)nc2ccc(F)cc21)S(C)=O. The average molecular weight is 303 g/mol. The summed E-state index contributed by atoms with van der Waals surface area (Å²) in [5, 5.41) is 0.0918. The Morgan fingerprint density at radius 3 is 2.89 bits per heavy atom. The van der Waals surface area contributed by atoms with Crippen molar-refractivity contribution in [3.8, 4) is 0 Å². The second-order valence-corrected chi connectivity index (χ2v) is 6.61. The van der Waals surface area contributed by atoms with Gasteiger partial charge in [-0.1, -0.05) is 6.92 Å². The van der Waals surface area contributed by atoms with Crippen molar-refractivity contribution in [3.63, 3.8) is 0 Å². The van der Waals surface area contributed by atoms with E-state index in [-0.39, 0.29) is 16.9 Å². The molecule has 0 aliphatic carbocycles. The zero-order valence-electron chi connectivity index (χ0n) is 10.9. The molecule has 0 saturated heterocycles. The van der Waals surface area contributed by atoms with E-state index >= 15 is 0 Å². The minimum atomic E-state index is -0.859. The molecule has 0 aliphatic heterocycles. The van der Waals surface area contributed by atoms with Crippen LogP contribution in [0.4, 0.5) is 4.39 Å². The standard InChI is InChI=1S/C13H16ClFN2OS/c1-9(19(2)18)5-6-17-12-7-10(15)3-4-11(12)16-13(17)8-14/h3-4,7,9H,5-6,8H2,1-2H3. The van der Waals surface area contributed by atoms with Crippen LogP contribution in [0.1, 0.15) is 19.2 Å². The molecule has 19 heavy (non-hydrogen) atoms. The van der Waals surface area contributed by atoms with Crippen molar-refractivity contribution >= 4 is 33.4 Å². The molecule has 0 radical (unpaired) electrons. The number of benzene rings is 1. The summed E-state index contributed by atoms with van der Waals surface area (Å²) < 4.78 is 26.6. The number of nitrogens with zero attached hydrogens (tertiary/aromatic N) is 2. The van der Waals surface area contributed by atoms with Crippen LogP contribution in [0.2, 0.25) is 0 Å². The van der Waals surface area contributed by atoms with Crippen molar-refractivity contribution in [1.29, 1.82) is 0 Å². The number of aromatic nitrogens is 2. The van der Waals surface area contributed by atoms with Crippen LogP contribution < -0.4 is 0 Å². The molecule has 0 aliphatic rings.